The molecule has 0 aliphatic heterocycles. The number of aromatic nitrogens is 1. The molecule has 140 valence electrons. The third-order valence-electron chi connectivity index (χ3n) is 4.28. The number of fused-ring (bicyclic) bond motifs is 1. The Morgan fingerprint density at radius 3 is 2.43 bits per heavy atom. The van der Waals surface area contributed by atoms with Crippen molar-refractivity contribution in [3.8, 4) is 22.8 Å². The maximum atomic E-state index is 12.9. The number of aromatic carboxylic acids is 1. The summed E-state index contributed by atoms with van der Waals surface area (Å²) in [4.78, 5) is 16.0. The Bertz CT molecular complexity index is 1190. The lowest BCUT2D eigenvalue weighted by molar-refractivity contribution is -0.137. The van der Waals surface area contributed by atoms with Crippen molar-refractivity contribution in [3.05, 3.63) is 77.9 Å². The second-order valence-corrected chi connectivity index (χ2v) is 6.12. The molecule has 2 aromatic heterocycles. The topological polar surface area (TPSA) is 63.3 Å². The molecule has 4 aromatic rings. The molecule has 7 heteroatoms. The van der Waals surface area contributed by atoms with Crippen molar-refractivity contribution in [1.82, 2.24) is 4.98 Å². The standard InChI is InChI=1S/C21H12F3NO3/c22-21(23,24)13-5-3-4-12(10-13)18-8-9-19(28-18)17-11-15(20(26)27)14-6-1-2-7-16(14)25-17/h1-11H,(H,26,27). The summed E-state index contributed by atoms with van der Waals surface area (Å²) in [6.45, 7) is 0. The maximum Gasteiger partial charge on any atom is 0.416 e. The van der Waals surface area contributed by atoms with Crippen molar-refractivity contribution in [1.29, 1.82) is 0 Å². The molecule has 0 aliphatic rings. The van der Waals surface area contributed by atoms with Gasteiger partial charge in [0, 0.05) is 10.9 Å². The van der Waals surface area contributed by atoms with Gasteiger partial charge in [-0.25, -0.2) is 9.78 Å². The van der Waals surface area contributed by atoms with Gasteiger partial charge in [-0.05, 0) is 36.4 Å². The van der Waals surface area contributed by atoms with E-state index in [1.807, 2.05) is 0 Å². The first-order chi connectivity index (χ1) is 13.3. The highest BCUT2D eigenvalue weighted by atomic mass is 19.4. The summed E-state index contributed by atoms with van der Waals surface area (Å²) in [5, 5.41) is 9.97. The van der Waals surface area contributed by atoms with Gasteiger partial charge in [-0.2, -0.15) is 13.2 Å². The molecular formula is C21H12F3NO3. The van der Waals surface area contributed by atoms with E-state index < -0.39 is 17.7 Å². The first-order valence-corrected chi connectivity index (χ1v) is 8.24. The van der Waals surface area contributed by atoms with Crippen molar-refractivity contribution in [2.24, 2.45) is 0 Å². The minimum absolute atomic E-state index is 0.0672. The second-order valence-electron chi connectivity index (χ2n) is 6.12. The number of carboxylic acids is 1. The predicted octanol–water partition coefficient (Wildman–Crippen LogP) is 5.88. The molecule has 0 atom stereocenters. The summed E-state index contributed by atoms with van der Waals surface area (Å²) in [5.74, 6) is -0.613. The monoisotopic (exact) mass is 383 g/mol. The lowest BCUT2D eigenvalue weighted by Crippen LogP contribution is -2.04. The van der Waals surface area contributed by atoms with Crippen LogP contribution in [0.1, 0.15) is 15.9 Å². The van der Waals surface area contributed by atoms with Gasteiger partial charge in [0.1, 0.15) is 11.5 Å². The average Bonchev–Trinajstić information content (AvgIpc) is 3.17. The minimum Gasteiger partial charge on any atom is -0.478 e. The number of pyridine rings is 1. The molecular weight excluding hydrogens is 371 g/mol. The number of benzene rings is 2. The van der Waals surface area contributed by atoms with E-state index in [2.05, 4.69) is 4.98 Å². The second kappa shape index (κ2) is 6.53. The van der Waals surface area contributed by atoms with Crippen LogP contribution in [0.5, 0.6) is 0 Å². The molecule has 0 radical (unpaired) electrons. The van der Waals surface area contributed by atoms with Crippen LogP contribution in [0.25, 0.3) is 33.7 Å². The molecule has 0 spiro atoms. The summed E-state index contributed by atoms with van der Waals surface area (Å²) in [5.41, 5.74) is 0.321. The Kier molecular flexibility index (Phi) is 4.15. The molecule has 0 fully saturated rings. The lowest BCUT2D eigenvalue weighted by atomic mass is 10.1. The molecule has 4 nitrogen and oxygen atoms in total. The Labute approximate surface area is 156 Å². The number of halogens is 3. The highest BCUT2D eigenvalue weighted by Gasteiger charge is 2.30. The van der Waals surface area contributed by atoms with Gasteiger partial charge in [-0.1, -0.05) is 30.3 Å². The van der Waals surface area contributed by atoms with Gasteiger partial charge in [0.05, 0.1) is 16.6 Å². The van der Waals surface area contributed by atoms with E-state index in [-0.39, 0.29) is 28.3 Å². The SMILES string of the molecule is O=C(O)c1cc(-c2ccc(-c3cccc(C(F)(F)F)c3)o2)nc2ccccc12. The lowest BCUT2D eigenvalue weighted by Gasteiger charge is -2.07. The number of hydrogen-bond acceptors (Lipinski definition) is 3. The highest BCUT2D eigenvalue weighted by molar-refractivity contribution is 6.03. The normalized spacial score (nSPS) is 11.7. The Morgan fingerprint density at radius 1 is 0.929 bits per heavy atom. The van der Waals surface area contributed by atoms with Crippen molar-refractivity contribution >= 4 is 16.9 Å². The number of carboxylic acid groups (broad SMARTS) is 1. The molecule has 0 bridgehead atoms. The number of hydrogen-bond donors (Lipinski definition) is 1. The van der Waals surface area contributed by atoms with Crippen LogP contribution in [0.15, 0.2) is 71.1 Å². The van der Waals surface area contributed by atoms with Gasteiger partial charge < -0.3 is 9.52 Å². The quantitative estimate of drug-likeness (QED) is 0.480. The van der Waals surface area contributed by atoms with Crippen LogP contribution in [-0.2, 0) is 6.18 Å². The summed E-state index contributed by atoms with van der Waals surface area (Å²) in [7, 11) is 0. The predicted molar refractivity (Wildman–Crippen MR) is 96.8 cm³/mol. The molecule has 28 heavy (non-hydrogen) atoms. The largest absolute Gasteiger partial charge is 0.478 e. The van der Waals surface area contributed by atoms with E-state index in [9.17, 15) is 23.1 Å². The van der Waals surface area contributed by atoms with Crippen LogP contribution in [0.2, 0.25) is 0 Å². The van der Waals surface area contributed by atoms with Crippen molar-refractivity contribution in [3.63, 3.8) is 0 Å². The number of carbonyl (C=O) groups is 1. The molecule has 2 aromatic carbocycles. The fourth-order valence-corrected chi connectivity index (χ4v) is 2.96. The first-order valence-electron chi connectivity index (χ1n) is 8.24. The fourth-order valence-electron chi connectivity index (χ4n) is 2.96. The minimum atomic E-state index is -4.46. The van der Waals surface area contributed by atoms with E-state index in [0.717, 1.165) is 12.1 Å². The zero-order valence-corrected chi connectivity index (χ0v) is 14.2. The van der Waals surface area contributed by atoms with Crippen LogP contribution in [0.4, 0.5) is 13.2 Å². The first kappa shape index (κ1) is 17.8. The van der Waals surface area contributed by atoms with E-state index in [1.54, 1.807) is 30.3 Å². The molecule has 0 saturated carbocycles. The summed E-state index contributed by atoms with van der Waals surface area (Å²) in [6.07, 6.45) is -4.46. The van der Waals surface area contributed by atoms with Crippen molar-refractivity contribution in [2.45, 2.75) is 6.18 Å². The van der Waals surface area contributed by atoms with Gasteiger partial charge in [-0.3, -0.25) is 0 Å². The number of alkyl halides is 3. The molecule has 0 unspecified atom stereocenters. The van der Waals surface area contributed by atoms with Crippen LogP contribution < -0.4 is 0 Å². The van der Waals surface area contributed by atoms with Gasteiger partial charge in [0.25, 0.3) is 0 Å². The highest BCUT2D eigenvalue weighted by Crippen LogP contribution is 2.34. The zero-order valence-electron chi connectivity index (χ0n) is 14.2. The number of para-hydroxylation sites is 1. The molecule has 1 N–H and O–H groups in total. The fraction of sp³-hybridized carbons (Fsp3) is 0.0476. The number of rotatable bonds is 3. The van der Waals surface area contributed by atoms with E-state index in [1.165, 1.54) is 24.3 Å². The van der Waals surface area contributed by atoms with Crippen LogP contribution in [0.3, 0.4) is 0 Å². The smallest absolute Gasteiger partial charge is 0.416 e. The van der Waals surface area contributed by atoms with Crippen LogP contribution >= 0.6 is 0 Å². The van der Waals surface area contributed by atoms with Crippen molar-refractivity contribution in [2.75, 3.05) is 0 Å². The average molecular weight is 383 g/mol. The molecule has 2 heterocycles. The molecule has 0 amide bonds. The van der Waals surface area contributed by atoms with E-state index in [4.69, 9.17) is 4.42 Å². The summed E-state index contributed by atoms with van der Waals surface area (Å²) >= 11 is 0. The van der Waals surface area contributed by atoms with E-state index >= 15 is 0 Å². The summed E-state index contributed by atoms with van der Waals surface area (Å²) < 4.78 is 44.5. The number of furan rings is 1. The molecule has 0 saturated heterocycles. The number of nitrogens with zero attached hydrogens (tertiary/aromatic N) is 1. The van der Waals surface area contributed by atoms with E-state index in [0.29, 0.717) is 10.9 Å². The summed E-state index contributed by atoms with van der Waals surface area (Å²) in [6, 6.07) is 16.1. The van der Waals surface area contributed by atoms with Gasteiger partial charge in [0.15, 0.2) is 5.76 Å². The molecule has 4 rings (SSSR count). The Balaban J connectivity index is 1.79. The van der Waals surface area contributed by atoms with Gasteiger partial charge in [-0.15, -0.1) is 0 Å². The van der Waals surface area contributed by atoms with Gasteiger partial charge in [0.2, 0.25) is 0 Å². The third kappa shape index (κ3) is 3.22. The van der Waals surface area contributed by atoms with Crippen LogP contribution in [0, 0.1) is 0 Å². The molecule has 0 aliphatic carbocycles. The third-order valence-corrected chi connectivity index (χ3v) is 4.28. The Morgan fingerprint density at radius 2 is 1.68 bits per heavy atom. The maximum absolute atomic E-state index is 12.9. The zero-order chi connectivity index (χ0) is 19.9. The van der Waals surface area contributed by atoms with Crippen LogP contribution in [-0.4, -0.2) is 16.1 Å². The van der Waals surface area contributed by atoms with Gasteiger partial charge >= 0.3 is 12.1 Å². The Hall–Kier alpha value is -3.61. The van der Waals surface area contributed by atoms with Crippen molar-refractivity contribution < 1.29 is 27.5 Å².